The molecule has 3 aliphatic rings. The molecule has 2 heterocycles. The number of aromatic nitrogens is 2. The lowest BCUT2D eigenvalue weighted by molar-refractivity contribution is 0.594. The van der Waals surface area contributed by atoms with Crippen LogP contribution in [-0.4, -0.2) is 25.2 Å². The molecule has 0 radical (unpaired) electrons. The molecule has 1 N–H and O–H groups in total. The molecule has 2 aliphatic carbocycles. The minimum atomic E-state index is -3.55. The molecular formula is C18H16ClN3O2S2. The summed E-state index contributed by atoms with van der Waals surface area (Å²) in [6.45, 7) is 2.86. The average molecular weight is 406 g/mol. The Balaban J connectivity index is 0.000000142. The standard InChI is InChI=1S/C9H7ClN2O2S2.C9H9N/c1-6-11-12-9(15-6)16(13,14)8-4-2-7(10)3-5-8;1-2-9-8-5-6(1)7(8)3-4-10-9/h2-5H,1H3;1-2,5,7,10H,3-4H2. The first kappa shape index (κ1) is 17.5. The van der Waals surface area contributed by atoms with Gasteiger partial charge < -0.3 is 5.32 Å². The lowest BCUT2D eigenvalue weighted by Gasteiger charge is -2.35. The summed E-state index contributed by atoms with van der Waals surface area (Å²) in [5.41, 5.74) is 4.45. The van der Waals surface area contributed by atoms with Gasteiger partial charge in [0.05, 0.1) is 4.90 Å². The Morgan fingerprint density at radius 2 is 1.92 bits per heavy atom. The number of nitrogens with one attached hydrogen (secondary N) is 1. The second-order valence-electron chi connectivity index (χ2n) is 6.16. The number of benzene rings is 2. The molecule has 8 heteroatoms. The highest BCUT2D eigenvalue weighted by Gasteiger charge is 2.29. The van der Waals surface area contributed by atoms with E-state index in [2.05, 4.69) is 33.7 Å². The van der Waals surface area contributed by atoms with Crippen LogP contribution < -0.4 is 5.32 Å². The summed E-state index contributed by atoms with van der Waals surface area (Å²) in [4.78, 5) is 0.174. The van der Waals surface area contributed by atoms with Crippen LogP contribution in [0.15, 0.2) is 51.7 Å². The Labute approximate surface area is 161 Å². The van der Waals surface area contributed by atoms with E-state index in [1.54, 1.807) is 18.1 Å². The highest BCUT2D eigenvalue weighted by molar-refractivity contribution is 7.93. The Kier molecular flexibility index (Phi) is 4.46. The van der Waals surface area contributed by atoms with Crippen LogP contribution in [0, 0.1) is 6.92 Å². The van der Waals surface area contributed by atoms with Crippen LogP contribution in [-0.2, 0) is 9.84 Å². The van der Waals surface area contributed by atoms with Crippen LogP contribution in [0.5, 0.6) is 0 Å². The molecule has 134 valence electrons. The minimum absolute atomic E-state index is 0.00678. The Bertz CT molecular complexity index is 1050. The molecule has 0 saturated carbocycles. The number of hydrogen-bond acceptors (Lipinski definition) is 6. The van der Waals surface area contributed by atoms with E-state index in [1.165, 1.54) is 36.4 Å². The fourth-order valence-electron chi connectivity index (χ4n) is 3.11. The molecule has 1 unspecified atom stereocenters. The highest BCUT2D eigenvalue weighted by Crippen LogP contribution is 2.45. The molecule has 26 heavy (non-hydrogen) atoms. The molecular weight excluding hydrogens is 390 g/mol. The van der Waals surface area contributed by atoms with E-state index in [-0.39, 0.29) is 9.24 Å². The lowest BCUT2D eigenvalue weighted by atomic mass is 9.75. The van der Waals surface area contributed by atoms with Crippen molar-refractivity contribution >= 4 is 38.5 Å². The molecule has 3 aromatic rings. The monoisotopic (exact) mass is 405 g/mol. The van der Waals surface area contributed by atoms with Crippen LogP contribution in [0.4, 0.5) is 5.69 Å². The molecule has 0 fully saturated rings. The van der Waals surface area contributed by atoms with Crippen molar-refractivity contribution in [1.29, 1.82) is 0 Å². The van der Waals surface area contributed by atoms with Crippen LogP contribution in [0.1, 0.15) is 28.5 Å². The number of nitrogens with zero attached hydrogens (tertiary/aromatic N) is 2. The Morgan fingerprint density at radius 1 is 1.15 bits per heavy atom. The van der Waals surface area contributed by atoms with Gasteiger partial charge in [0.1, 0.15) is 5.01 Å². The zero-order chi connectivity index (χ0) is 18.3. The third kappa shape index (κ3) is 3.11. The first-order valence-electron chi connectivity index (χ1n) is 8.13. The third-order valence-corrected chi connectivity index (χ3v) is 7.69. The van der Waals surface area contributed by atoms with E-state index < -0.39 is 9.84 Å². The molecule has 0 amide bonds. The summed E-state index contributed by atoms with van der Waals surface area (Å²) in [5, 5.41) is 11.8. The molecule has 5 nitrogen and oxygen atoms in total. The number of fused-ring (bicyclic) bond motifs is 1. The van der Waals surface area contributed by atoms with Gasteiger partial charge >= 0.3 is 0 Å². The van der Waals surface area contributed by atoms with Gasteiger partial charge in [-0.2, -0.15) is 0 Å². The summed E-state index contributed by atoms with van der Waals surface area (Å²) in [6.07, 6.45) is 1.30. The van der Waals surface area contributed by atoms with E-state index in [0.717, 1.165) is 23.8 Å². The molecule has 1 aliphatic heterocycles. The van der Waals surface area contributed by atoms with Gasteiger partial charge in [-0.25, -0.2) is 8.42 Å². The van der Waals surface area contributed by atoms with E-state index in [9.17, 15) is 8.42 Å². The van der Waals surface area contributed by atoms with Crippen LogP contribution in [0.3, 0.4) is 0 Å². The average Bonchev–Trinajstić information content (AvgIpc) is 3.06. The van der Waals surface area contributed by atoms with Gasteiger partial charge in [-0.1, -0.05) is 35.1 Å². The Morgan fingerprint density at radius 3 is 2.50 bits per heavy atom. The molecule has 2 aromatic carbocycles. The van der Waals surface area contributed by atoms with Gasteiger partial charge in [-0.05, 0) is 54.8 Å². The van der Waals surface area contributed by atoms with Crippen LogP contribution >= 0.6 is 22.9 Å². The molecule has 1 atom stereocenters. The van der Waals surface area contributed by atoms with Crippen molar-refractivity contribution in [3.63, 3.8) is 0 Å². The summed E-state index contributed by atoms with van der Waals surface area (Å²) in [5.74, 6) is 0.807. The second kappa shape index (κ2) is 6.64. The van der Waals surface area contributed by atoms with Gasteiger partial charge in [-0.15, -0.1) is 10.2 Å². The molecule has 0 spiro atoms. The zero-order valence-corrected chi connectivity index (χ0v) is 16.3. The van der Waals surface area contributed by atoms with Gasteiger partial charge in [-0.3, -0.25) is 0 Å². The SMILES string of the molecule is Cc1nnc(S(=O)(=O)c2ccc(Cl)cc2)s1.c1cc2c3cc1C3CCN2. The number of sulfone groups is 1. The second-order valence-corrected chi connectivity index (χ2v) is 9.90. The fourth-order valence-corrected chi connectivity index (χ4v) is 5.58. The summed E-state index contributed by atoms with van der Waals surface area (Å²) in [6, 6.07) is 12.7. The summed E-state index contributed by atoms with van der Waals surface area (Å²) < 4.78 is 24.1. The summed E-state index contributed by atoms with van der Waals surface area (Å²) >= 11 is 6.74. The number of hydrogen-bond donors (Lipinski definition) is 1. The zero-order valence-electron chi connectivity index (χ0n) is 13.9. The maximum atomic E-state index is 12.0. The fraction of sp³-hybridized carbons (Fsp3) is 0.222. The van der Waals surface area contributed by atoms with Crippen molar-refractivity contribution in [3.05, 3.63) is 63.6 Å². The predicted molar refractivity (Wildman–Crippen MR) is 103 cm³/mol. The summed E-state index contributed by atoms with van der Waals surface area (Å²) in [7, 11) is -3.55. The van der Waals surface area contributed by atoms with E-state index in [4.69, 9.17) is 11.6 Å². The van der Waals surface area contributed by atoms with Crippen molar-refractivity contribution < 1.29 is 8.42 Å². The van der Waals surface area contributed by atoms with Crippen molar-refractivity contribution in [2.45, 2.75) is 28.5 Å². The number of aryl methyl sites for hydroxylation is 1. The predicted octanol–water partition coefficient (Wildman–Crippen LogP) is 4.28. The van der Waals surface area contributed by atoms with Gasteiger partial charge in [0.15, 0.2) is 0 Å². The van der Waals surface area contributed by atoms with Crippen molar-refractivity contribution in [2.75, 3.05) is 11.9 Å². The van der Waals surface area contributed by atoms with Gasteiger partial charge in [0.2, 0.25) is 14.2 Å². The van der Waals surface area contributed by atoms with E-state index >= 15 is 0 Å². The number of rotatable bonds is 2. The van der Waals surface area contributed by atoms with Crippen molar-refractivity contribution in [1.82, 2.24) is 10.2 Å². The normalized spacial score (nSPS) is 16.8. The third-order valence-electron chi connectivity index (χ3n) is 4.46. The van der Waals surface area contributed by atoms with E-state index in [1.807, 2.05) is 0 Å². The maximum absolute atomic E-state index is 12.0. The van der Waals surface area contributed by atoms with Gasteiger partial charge in [0, 0.05) is 23.2 Å². The van der Waals surface area contributed by atoms with Crippen LogP contribution in [0.25, 0.3) is 0 Å². The molecule has 0 saturated heterocycles. The first-order chi connectivity index (χ1) is 12.4. The first-order valence-corrected chi connectivity index (χ1v) is 10.8. The van der Waals surface area contributed by atoms with Crippen molar-refractivity contribution in [2.24, 2.45) is 0 Å². The highest BCUT2D eigenvalue weighted by atomic mass is 35.5. The lowest BCUT2D eigenvalue weighted by Crippen LogP contribution is -2.23. The Hall–Kier alpha value is -1.96. The molecule has 4 bridgehead atoms. The minimum Gasteiger partial charge on any atom is -0.385 e. The topological polar surface area (TPSA) is 72.0 Å². The van der Waals surface area contributed by atoms with Crippen molar-refractivity contribution in [3.8, 4) is 0 Å². The van der Waals surface area contributed by atoms with E-state index in [0.29, 0.717) is 10.0 Å². The molecule has 6 rings (SSSR count). The smallest absolute Gasteiger partial charge is 0.237 e. The quantitative estimate of drug-likeness (QED) is 0.688. The maximum Gasteiger partial charge on any atom is 0.237 e. The largest absolute Gasteiger partial charge is 0.385 e. The van der Waals surface area contributed by atoms with Crippen LogP contribution in [0.2, 0.25) is 5.02 Å². The van der Waals surface area contributed by atoms with Gasteiger partial charge in [0.25, 0.3) is 0 Å². The number of anilines is 1. The molecule has 1 aromatic heterocycles. The number of halogens is 1.